The molecule has 1 aromatic carbocycles. The van der Waals surface area contributed by atoms with Crippen molar-refractivity contribution >= 4 is 28.2 Å². The van der Waals surface area contributed by atoms with Gasteiger partial charge in [0, 0.05) is 18.1 Å². The van der Waals surface area contributed by atoms with Crippen molar-refractivity contribution in [2.24, 2.45) is 5.73 Å². The first kappa shape index (κ1) is 15.1. The molecule has 2 heterocycles. The fraction of sp³-hybridized carbons (Fsp3) is 0.500. The molecule has 5 nitrogen and oxygen atoms in total. The van der Waals surface area contributed by atoms with Crippen molar-refractivity contribution in [1.82, 2.24) is 9.55 Å². The quantitative estimate of drug-likeness (QED) is 0.858. The van der Waals surface area contributed by atoms with Crippen LogP contribution in [-0.4, -0.2) is 27.8 Å². The van der Waals surface area contributed by atoms with Gasteiger partial charge in [0.25, 0.3) is 0 Å². The molecule has 0 radical (unpaired) electrons. The summed E-state index contributed by atoms with van der Waals surface area (Å²) in [5, 5.41) is 0. The molecule has 0 spiro atoms. The van der Waals surface area contributed by atoms with Crippen LogP contribution in [0.2, 0.25) is 0 Å². The predicted octanol–water partition coefficient (Wildman–Crippen LogP) is 3.00. The number of hydrogen-bond donors (Lipinski definition) is 1. The van der Waals surface area contributed by atoms with E-state index >= 15 is 0 Å². The van der Waals surface area contributed by atoms with Gasteiger partial charge in [0.15, 0.2) is 11.5 Å². The van der Waals surface area contributed by atoms with Crippen LogP contribution in [0, 0.1) is 0 Å². The number of aromatic nitrogens is 2. The number of nitrogens with zero attached hydrogens (tertiary/aromatic N) is 2. The second-order valence-corrected chi connectivity index (χ2v) is 6.04. The SMILES string of the molecule is CCC(CC)c1nc2cc3c(cc2n1CC(N)=S)OCCO3. The number of imidazole rings is 1. The Morgan fingerprint density at radius 3 is 2.50 bits per heavy atom. The number of ether oxygens (including phenoxy) is 2. The molecule has 0 saturated carbocycles. The minimum atomic E-state index is 0.389. The van der Waals surface area contributed by atoms with Crippen molar-refractivity contribution < 1.29 is 9.47 Å². The molecule has 1 aliphatic rings. The Kier molecular flexibility index (Phi) is 4.20. The summed E-state index contributed by atoms with van der Waals surface area (Å²) in [4.78, 5) is 5.29. The van der Waals surface area contributed by atoms with Gasteiger partial charge in [-0.2, -0.15) is 0 Å². The summed E-state index contributed by atoms with van der Waals surface area (Å²) in [7, 11) is 0. The van der Waals surface area contributed by atoms with Crippen LogP contribution < -0.4 is 15.2 Å². The Bertz CT molecular complexity index is 707. The van der Waals surface area contributed by atoms with E-state index in [4.69, 9.17) is 32.4 Å². The highest BCUT2D eigenvalue weighted by Crippen LogP contribution is 2.36. The third kappa shape index (κ3) is 2.63. The zero-order valence-corrected chi connectivity index (χ0v) is 13.8. The fourth-order valence-electron chi connectivity index (χ4n) is 2.97. The zero-order valence-electron chi connectivity index (χ0n) is 13.0. The van der Waals surface area contributed by atoms with Crippen molar-refractivity contribution in [3.8, 4) is 11.5 Å². The summed E-state index contributed by atoms with van der Waals surface area (Å²) in [6.45, 7) is 6.00. The minimum Gasteiger partial charge on any atom is -0.486 e. The molecule has 0 bridgehead atoms. The van der Waals surface area contributed by atoms with Gasteiger partial charge in [-0.05, 0) is 12.8 Å². The molecule has 0 unspecified atom stereocenters. The third-order valence-electron chi connectivity index (χ3n) is 4.11. The first-order valence-corrected chi connectivity index (χ1v) is 8.12. The zero-order chi connectivity index (χ0) is 15.7. The highest BCUT2D eigenvalue weighted by atomic mass is 32.1. The largest absolute Gasteiger partial charge is 0.486 e. The van der Waals surface area contributed by atoms with Crippen LogP contribution in [-0.2, 0) is 6.54 Å². The minimum absolute atomic E-state index is 0.389. The van der Waals surface area contributed by atoms with E-state index in [2.05, 4.69) is 18.4 Å². The van der Waals surface area contributed by atoms with Gasteiger partial charge >= 0.3 is 0 Å². The standard InChI is InChI=1S/C16H21N3O2S/c1-3-10(4-2)16-18-11-7-13-14(21-6-5-20-13)8-12(11)19(16)9-15(17)22/h7-8,10H,3-6,9H2,1-2H3,(H2,17,22). The van der Waals surface area contributed by atoms with Crippen molar-refractivity contribution in [2.75, 3.05) is 13.2 Å². The Balaban J connectivity index is 2.19. The average molecular weight is 319 g/mol. The summed E-state index contributed by atoms with van der Waals surface area (Å²) in [6, 6.07) is 3.94. The van der Waals surface area contributed by atoms with Gasteiger partial charge in [0.1, 0.15) is 19.0 Å². The highest BCUT2D eigenvalue weighted by Gasteiger charge is 2.21. The number of fused-ring (bicyclic) bond motifs is 2. The van der Waals surface area contributed by atoms with E-state index in [1.165, 1.54) is 0 Å². The molecule has 2 N–H and O–H groups in total. The van der Waals surface area contributed by atoms with E-state index in [0.717, 1.165) is 41.2 Å². The number of benzene rings is 1. The van der Waals surface area contributed by atoms with Crippen molar-refractivity contribution in [3.05, 3.63) is 18.0 Å². The van der Waals surface area contributed by atoms with Gasteiger partial charge < -0.3 is 19.8 Å². The third-order valence-corrected chi connectivity index (χ3v) is 4.24. The molecule has 0 saturated heterocycles. The van der Waals surface area contributed by atoms with Gasteiger partial charge in [-0.3, -0.25) is 0 Å². The Hall–Kier alpha value is -1.82. The molecule has 6 heteroatoms. The Morgan fingerprint density at radius 2 is 1.91 bits per heavy atom. The molecule has 0 atom stereocenters. The van der Waals surface area contributed by atoms with Gasteiger partial charge in [-0.1, -0.05) is 26.1 Å². The Labute approximate surface area is 135 Å². The van der Waals surface area contributed by atoms with Crippen LogP contribution >= 0.6 is 12.2 Å². The smallest absolute Gasteiger partial charge is 0.163 e. The molecule has 118 valence electrons. The van der Waals surface area contributed by atoms with Crippen molar-refractivity contribution in [3.63, 3.8) is 0 Å². The maximum atomic E-state index is 5.79. The Morgan fingerprint density at radius 1 is 1.27 bits per heavy atom. The monoisotopic (exact) mass is 319 g/mol. The summed E-state index contributed by atoms with van der Waals surface area (Å²) in [6.07, 6.45) is 2.06. The summed E-state index contributed by atoms with van der Waals surface area (Å²) < 4.78 is 13.5. The van der Waals surface area contributed by atoms with Crippen LogP contribution in [0.25, 0.3) is 11.0 Å². The van der Waals surface area contributed by atoms with Gasteiger partial charge in [0.05, 0.1) is 22.6 Å². The van der Waals surface area contributed by atoms with Crippen LogP contribution in [0.4, 0.5) is 0 Å². The van der Waals surface area contributed by atoms with E-state index in [-0.39, 0.29) is 0 Å². The van der Waals surface area contributed by atoms with Crippen LogP contribution in [0.15, 0.2) is 12.1 Å². The lowest BCUT2D eigenvalue weighted by atomic mass is 10.0. The first-order valence-electron chi connectivity index (χ1n) is 7.72. The highest BCUT2D eigenvalue weighted by molar-refractivity contribution is 7.80. The molecule has 1 aliphatic heterocycles. The van der Waals surface area contributed by atoms with Crippen molar-refractivity contribution in [1.29, 1.82) is 0 Å². The molecule has 2 aromatic rings. The number of rotatable bonds is 5. The van der Waals surface area contributed by atoms with Crippen LogP contribution in [0.5, 0.6) is 11.5 Å². The van der Waals surface area contributed by atoms with Crippen LogP contribution in [0.1, 0.15) is 38.4 Å². The lowest BCUT2D eigenvalue weighted by Crippen LogP contribution is -2.19. The number of nitrogens with two attached hydrogens (primary N) is 1. The molecule has 0 amide bonds. The summed E-state index contributed by atoms with van der Waals surface area (Å²) in [5.74, 6) is 2.95. The number of thiocarbonyl (C=S) groups is 1. The average Bonchev–Trinajstić information content (AvgIpc) is 2.84. The second kappa shape index (κ2) is 6.12. The summed E-state index contributed by atoms with van der Waals surface area (Å²) in [5.41, 5.74) is 7.70. The normalized spacial score (nSPS) is 13.8. The molecular weight excluding hydrogens is 298 g/mol. The van der Waals surface area contributed by atoms with Crippen molar-refractivity contribution in [2.45, 2.75) is 39.2 Å². The molecule has 22 heavy (non-hydrogen) atoms. The lowest BCUT2D eigenvalue weighted by Gasteiger charge is -2.18. The van der Waals surface area contributed by atoms with Gasteiger partial charge in [0.2, 0.25) is 0 Å². The van der Waals surface area contributed by atoms with E-state index < -0.39 is 0 Å². The lowest BCUT2D eigenvalue weighted by molar-refractivity contribution is 0.172. The molecule has 0 fully saturated rings. The number of hydrogen-bond acceptors (Lipinski definition) is 4. The maximum Gasteiger partial charge on any atom is 0.163 e. The molecule has 0 aliphatic carbocycles. The van der Waals surface area contributed by atoms with E-state index in [9.17, 15) is 0 Å². The predicted molar refractivity (Wildman–Crippen MR) is 90.8 cm³/mol. The fourth-order valence-corrected chi connectivity index (χ4v) is 3.10. The summed E-state index contributed by atoms with van der Waals surface area (Å²) >= 11 is 5.12. The van der Waals surface area contributed by atoms with E-state index in [1.54, 1.807) is 0 Å². The van der Waals surface area contributed by atoms with E-state index in [1.807, 2.05) is 12.1 Å². The molecule has 3 rings (SSSR count). The maximum absolute atomic E-state index is 5.79. The van der Waals surface area contributed by atoms with Gasteiger partial charge in [-0.15, -0.1) is 0 Å². The molecule has 1 aromatic heterocycles. The topological polar surface area (TPSA) is 62.3 Å². The first-order chi connectivity index (χ1) is 10.6. The van der Waals surface area contributed by atoms with E-state index in [0.29, 0.717) is 30.7 Å². The molecular formula is C16H21N3O2S. The van der Waals surface area contributed by atoms with Crippen LogP contribution in [0.3, 0.4) is 0 Å². The second-order valence-electron chi connectivity index (χ2n) is 5.52. The van der Waals surface area contributed by atoms with Gasteiger partial charge in [-0.25, -0.2) is 4.98 Å².